The van der Waals surface area contributed by atoms with Crippen LogP contribution < -0.4 is 5.32 Å². The van der Waals surface area contributed by atoms with Crippen LogP contribution in [-0.4, -0.2) is 27.7 Å². The van der Waals surface area contributed by atoms with Gasteiger partial charge in [-0.2, -0.15) is 0 Å². The van der Waals surface area contributed by atoms with Crippen molar-refractivity contribution in [3.63, 3.8) is 0 Å². The van der Waals surface area contributed by atoms with Gasteiger partial charge in [-0.25, -0.2) is 4.39 Å². The molecule has 5 nitrogen and oxygen atoms in total. The molecule has 2 aromatic carbocycles. The minimum atomic E-state index is -0.902. The second-order valence-electron chi connectivity index (χ2n) is 9.46. The standard InChI is InChI=1S/C30H30FN3O2S/c31-23-15-13-22(14-16-23)28(29(35)32-24-10-5-2-6-11-24)34(20-25-12-7-19-37-25)30(36)27-18-17-26(33-27)21-8-3-1-4-9-21/h1,3-4,7-9,12-19,24,28,33H,2,5-6,10-11,20H2,(H,32,35)/t28-/m1/s1. The van der Waals surface area contributed by atoms with Crippen LogP contribution in [0.1, 0.15) is 59.1 Å². The van der Waals surface area contributed by atoms with Crippen molar-refractivity contribution in [2.45, 2.75) is 50.7 Å². The fourth-order valence-corrected chi connectivity index (χ4v) is 5.66. The molecule has 1 fully saturated rings. The first-order valence-corrected chi connectivity index (χ1v) is 13.6. The second-order valence-corrected chi connectivity index (χ2v) is 10.5. The van der Waals surface area contributed by atoms with E-state index in [9.17, 15) is 14.0 Å². The number of nitrogens with one attached hydrogen (secondary N) is 2. The average Bonchev–Trinajstić information content (AvgIpc) is 3.63. The van der Waals surface area contributed by atoms with E-state index in [0.717, 1.165) is 41.8 Å². The smallest absolute Gasteiger partial charge is 0.271 e. The lowest BCUT2D eigenvalue weighted by Gasteiger charge is -2.33. The molecule has 4 aromatic rings. The third-order valence-corrected chi connectivity index (χ3v) is 7.73. The van der Waals surface area contributed by atoms with Crippen LogP contribution in [0.2, 0.25) is 0 Å². The summed E-state index contributed by atoms with van der Waals surface area (Å²) < 4.78 is 13.8. The SMILES string of the molecule is O=C(NC1CCCCC1)[C@@H](c1ccc(F)cc1)N(Cc1cccs1)C(=O)c1ccc(-c2ccccc2)[nH]1. The van der Waals surface area contributed by atoms with Crippen LogP contribution in [0.3, 0.4) is 0 Å². The van der Waals surface area contributed by atoms with Gasteiger partial charge in [-0.15, -0.1) is 11.3 Å². The Hall–Kier alpha value is -3.71. The van der Waals surface area contributed by atoms with Gasteiger partial charge in [0.2, 0.25) is 5.91 Å². The number of thiophene rings is 1. The van der Waals surface area contributed by atoms with Crippen LogP contribution in [0.5, 0.6) is 0 Å². The highest BCUT2D eigenvalue weighted by atomic mass is 32.1. The Morgan fingerprint density at radius 3 is 2.41 bits per heavy atom. The molecule has 0 unspecified atom stereocenters. The zero-order chi connectivity index (χ0) is 25.6. The molecule has 0 saturated heterocycles. The van der Waals surface area contributed by atoms with Crippen molar-refractivity contribution in [3.8, 4) is 11.3 Å². The van der Waals surface area contributed by atoms with Crippen molar-refractivity contribution < 1.29 is 14.0 Å². The highest BCUT2D eigenvalue weighted by Crippen LogP contribution is 2.29. The molecule has 0 radical (unpaired) electrons. The Labute approximate surface area is 220 Å². The molecule has 0 bridgehead atoms. The minimum absolute atomic E-state index is 0.0815. The van der Waals surface area contributed by atoms with Crippen molar-refractivity contribution in [2.24, 2.45) is 0 Å². The van der Waals surface area contributed by atoms with E-state index in [1.807, 2.05) is 53.9 Å². The van der Waals surface area contributed by atoms with Crippen LogP contribution in [0.25, 0.3) is 11.3 Å². The Morgan fingerprint density at radius 2 is 1.70 bits per heavy atom. The first kappa shape index (κ1) is 25.0. The molecule has 2 N–H and O–H groups in total. The van der Waals surface area contributed by atoms with Gasteiger partial charge in [-0.3, -0.25) is 9.59 Å². The summed E-state index contributed by atoms with van der Waals surface area (Å²) in [5.41, 5.74) is 2.77. The minimum Gasteiger partial charge on any atom is -0.351 e. The zero-order valence-electron chi connectivity index (χ0n) is 20.5. The summed E-state index contributed by atoms with van der Waals surface area (Å²) in [4.78, 5) is 33.7. The molecule has 1 saturated carbocycles. The molecule has 190 valence electrons. The first-order chi connectivity index (χ1) is 18.1. The van der Waals surface area contributed by atoms with Crippen molar-refractivity contribution in [1.82, 2.24) is 15.2 Å². The molecule has 1 atom stereocenters. The van der Waals surface area contributed by atoms with E-state index in [1.54, 1.807) is 23.1 Å². The summed E-state index contributed by atoms with van der Waals surface area (Å²) in [6.07, 6.45) is 5.19. The van der Waals surface area contributed by atoms with E-state index in [-0.39, 0.29) is 30.2 Å². The number of amides is 2. The number of benzene rings is 2. The highest BCUT2D eigenvalue weighted by molar-refractivity contribution is 7.09. The van der Waals surface area contributed by atoms with E-state index in [1.165, 1.54) is 29.9 Å². The van der Waals surface area contributed by atoms with Gasteiger partial charge in [-0.05, 0) is 59.7 Å². The largest absolute Gasteiger partial charge is 0.351 e. The van der Waals surface area contributed by atoms with Gasteiger partial charge in [0, 0.05) is 16.6 Å². The van der Waals surface area contributed by atoms with Gasteiger partial charge in [0.25, 0.3) is 5.91 Å². The topological polar surface area (TPSA) is 65.2 Å². The van der Waals surface area contributed by atoms with Crippen molar-refractivity contribution in [3.05, 3.63) is 106 Å². The van der Waals surface area contributed by atoms with Gasteiger partial charge >= 0.3 is 0 Å². The van der Waals surface area contributed by atoms with Crippen LogP contribution in [0.15, 0.2) is 84.2 Å². The molecule has 0 spiro atoms. The molecule has 37 heavy (non-hydrogen) atoms. The normalized spacial score (nSPS) is 14.7. The van der Waals surface area contributed by atoms with Gasteiger partial charge in [0.1, 0.15) is 17.6 Å². The molecule has 2 amide bonds. The second kappa shape index (κ2) is 11.6. The van der Waals surface area contributed by atoms with Crippen molar-refractivity contribution >= 4 is 23.2 Å². The summed E-state index contributed by atoms with van der Waals surface area (Å²) >= 11 is 1.53. The summed E-state index contributed by atoms with van der Waals surface area (Å²) in [7, 11) is 0. The molecule has 0 aliphatic heterocycles. The molecule has 1 aliphatic rings. The lowest BCUT2D eigenvalue weighted by atomic mass is 9.94. The van der Waals surface area contributed by atoms with Crippen LogP contribution >= 0.6 is 11.3 Å². The number of H-pyrrole nitrogens is 1. The summed E-state index contributed by atoms with van der Waals surface area (Å²) in [5, 5.41) is 5.15. The molecule has 2 heterocycles. The van der Waals surface area contributed by atoms with Crippen LogP contribution in [-0.2, 0) is 11.3 Å². The third kappa shape index (κ3) is 6.00. The van der Waals surface area contributed by atoms with Crippen LogP contribution in [0.4, 0.5) is 4.39 Å². The Kier molecular flexibility index (Phi) is 7.80. The fourth-order valence-electron chi connectivity index (χ4n) is 4.96. The van der Waals surface area contributed by atoms with Crippen molar-refractivity contribution in [2.75, 3.05) is 0 Å². The predicted molar refractivity (Wildman–Crippen MR) is 145 cm³/mol. The fraction of sp³-hybridized carbons (Fsp3) is 0.267. The maximum absolute atomic E-state index is 14.0. The van der Waals surface area contributed by atoms with E-state index >= 15 is 0 Å². The van der Waals surface area contributed by atoms with Crippen molar-refractivity contribution in [1.29, 1.82) is 0 Å². The summed E-state index contributed by atoms with van der Waals surface area (Å²) in [5.74, 6) is -0.912. The number of aromatic nitrogens is 1. The van der Waals surface area contributed by atoms with Gasteiger partial charge < -0.3 is 15.2 Å². The highest BCUT2D eigenvalue weighted by Gasteiger charge is 2.34. The third-order valence-electron chi connectivity index (χ3n) is 6.87. The van der Waals surface area contributed by atoms with E-state index in [4.69, 9.17) is 0 Å². The molecular formula is C30H30FN3O2S. The van der Waals surface area contributed by atoms with E-state index in [2.05, 4.69) is 10.3 Å². The number of hydrogen-bond donors (Lipinski definition) is 2. The quantitative estimate of drug-likeness (QED) is 0.274. The molecular weight excluding hydrogens is 485 g/mol. The molecule has 7 heteroatoms. The number of halogens is 1. The van der Waals surface area contributed by atoms with Gasteiger partial charge in [0.05, 0.1) is 6.54 Å². The maximum atomic E-state index is 14.0. The Bertz CT molecular complexity index is 1310. The Balaban J connectivity index is 1.51. The number of hydrogen-bond acceptors (Lipinski definition) is 3. The number of carbonyl (C=O) groups is 2. The summed E-state index contributed by atoms with van der Waals surface area (Å²) in [6.45, 7) is 0.260. The average molecular weight is 516 g/mol. The number of carbonyl (C=O) groups excluding carboxylic acids is 2. The van der Waals surface area contributed by atoms with Crippen LogP contribution in [0, 0.1) is 5.82 Å². The monoisotopic (exact) mass is 515 g/mol. The zero-order valence-corrected chi connectivity index (χ0v) is 21.3. The van der Waals surface area contributed by atoms with E-state index in [0.29, 0.717) is 11.3 Å². The molecule has 1 aliphatic carbocycles. The first-order valence-electron chi connectivity index (χ1n) is 12.7. The lowest BCUT2D eigenvalue weighted by Crippen LogP contribution is -2.46. The maximum Gasteiger partial charge on any atom is 0.271 e. The summed E-state index contributed by atoms with van der Waals surface area (Å²) in [6, 6.07) is 22.4. The predicted octanol–water partition coefficient (Wildman–Crippen LogP) is 6.71. The number of rotatable bonds is 8. The lowest BCUT2D eigenvalue weighted by molar-refractivity contribution is -0.127. The number of nitrogens with zero attached hydrogens (tertiary/aromatic N) is 1. The van der Waals surface area contributed by atoms with E-state index < -0.39 is 6.04 Å². The number of aromatic amines is 1. The molecule has 5 rings (SSSR count). The Morgan fingerprint density at radius 1 is 0.946 bits per heavy atom. The molecule has 2 aromatic heterocycles. The van der Waals surface area contributed by atoms with Gasteiger partial charge in [-0.1, -0.05) is 67.8 Å². The van der Waals surface area contributed by atoms with Gasteiger partial charge in [0.15, 0.2) is 0 Å².